The molecule has 2 aliphatic rings. The van der Waals surface area contributed by atoms with Crippen molar-refractivity contribution in [2.45, 2.75) is 37.0 Å². The molecule has 0 spiro atoms. The quantitative estimate of drug-likeness (QED) is 0.635. The minimum atomic E-state index is -3.63. The van der Waals surface area contributed by atoms with Gasteiger partial charge in [0.25, 0.3) is 5.95 Å². The summed E-state index contributed by atoms with van der Waals surface area (Å²) in [4.78, 5) is 17.3. The summed E-state index contributed by atoms with van der Waals surface area (Å²) in [5, 5.41) is 11.8. The maximum absolute atomic E-state index is 13.1. The van der Waals surface area contributed by atoms with Gasteiger partial charge in [0.2, 0.25) is 15.9 Å². The number of sulfonamides is 1. The first-order chi connectivity index (χ1) is 15.4. The Morgan fingerprint density at radius 3 is 2.62 bits per heavy atom. The van der Waals surface area contributed by atoms with Crippen molar-refractivity contribution in [2.75, 3.05) is 31.6 Å². The Kier molecular flexibility index (Phi) is 5.56. The van der Waals surface area contributed by atoms with Crippen molar-refractivity contribution in [3.63, 3.8) is 0 Å². The maximum atomic E-state index is 13.1. The summed E-state index contributed by atoms with van der Waals surface area (Å²) < 4.78 is 34.7. The van der Waals surface area contributed by atoms with Crippen LogP contribution in [-0.4, -0.2) is 64.7 Å². The molecule has 2 fully saturated rings. The van der Waals surface area contributed by atoms with Crippen molar-refractivity contribution in [3.8, 4) is 0 Å². The number of aromatic nitrogens is 4. The SMILES string of the molecule is Cn1c2ccc(S(=O)(=O)N3CCOCC3)cc2c2nnc(NC(=O)C3CCCCC3)nc21. The van der Waals surface area contributed by atoms with E-state index in [4.69, 9.17) is 4.74 Å². The molecule has 0 radical (unpaired) electrons. The van der Waals surface area contributed by atoms with E-state index in [1.165, 1.54) is 10.7 Å². The van der Waals surface area contributed by atoms with E-state index < -0.39 is 10.0 Å². The molecule has 0 bridgehead atoms. The summed E-state index contributed by atoms with van der Waals surface area (Å²) in [5.74, 6) is 0.0899. The van der Waals surface area contributed by atoms with Crippen LogP contribution in [0.1, 0.15) is 32.1 Å². The van der Waals surface area contributed by atoms with E-state index >= 15 is 0 Å². The highest BCUT2D eigenvalue weighted by Gasteiger charge is 2.27. The number of ether oxygens (including phenoxy) is 1. The van der Waals surface area contributed by atoms with Crippen molar-refractivity contribution < 1.29 is 17.9 Å². The predicted molar refractivity (Wildman–Crippen MR) is 119 cm³/mol. The number of fused-ring (bicyclic) bond motifs is 3. The number of nitrogens with zero attached hydrogens (tertiary/aromatic N) is 5. The number of hydrogen-bond donors (Lipinski definition) is 1. The normalized spacial score (nSPS) is 18.9. The Hall–Kier alpha value is -2.63. The third-order valence-corrected chi connectivity index (χ3v) is 8.28. The Bertz CT molecular complexity index is 1280. The van der Waals surface area contributed by atoms with Crippen LogP contribution in [0.4, 0.5) is 5.95 Å². The molecule has 1 N–H and O–H groups in total. The first kappa shape index (κ1) is 21.2. The van der Waals surface area contributed by atoms with Crippen LogP contribution in [0.2, 0.25) is 0 Å². The lowest BCUT2D eigenvalue weighted by molar-refractivity contribution is -0.120. The second-order valence-corrected chi connectivity index (χ2v) is 10.3. The van der Waals surface area contributed by atoms with Crippen LogP contribution in [-0.2, 0) is 26.6 Å². The summed E-state index contributed by atoms with van der Waals surface area (Å²) in [6.45, 7) is 1.45. The lowest BCUT2D eigenvalue weighted by Gasteiger charge is -2.26. The molecule has 11 heteroatoms. The van der Waals surface area contributed by atoms with E-state index in [0.717, 1.165) is 31.2 Å². The van der Waals surface area contributed by atoms with Crippen LogP contribution in [0.15, 0.2) is 23.1 Å². The molecule has 5 rings (SSSR count). The number of morpholine rings is 1. The summed E-state index contributed by atoms with van der Waals surface area (Å²) >= 11 is 0. The molecule has 3 aromatic rings. The van der Waals surface area contributed by atoms with Gasteiger partial charge in [-0.15, -0.1) is 10.2 Å². The minimum absolute atomic E-state index is 0.0107. The summed E-state index contributed by atoms with van der Waals surface area (Å²) in [6, 6.07) is 4.98. The van der Waals surface area contributed by atoms with Crippen LogP contribution < -0.4 is 5.32 Å². The fourth-order valence-electron chi connectivity index (χ4n) is 4.56. The summed E-state index contributed by atoms with van der Waals surface area (Å²) in [7, 11) is -1.80. The lowest BCUT2D eigenvalue weighted by atomic mass is 9.89. The zero-order valence-electron chi connectivity index (χ0n) is 18.0. The molecule has 1 aliphatic carbocycles. The lowest BCUT2D eigenvalue weighted by Crippen LogP contribution is -2.40. The zero-order chi connectivity index (χ0) is 22.3. The number of rotatable bonds is 4. The van der Waals surface area contributed by atoms with Crippen LogP contribution in [0.25, 0.3) is 22.1 Å². The van der Waals surface area contributed by atoms with Crippen molar-refractivity contribution in [2.24, 2.45) is 13.0 Å². The van der Waals surface area contributed by atoms with Crippen LogP contribution >= 0.6 is 0 Å². The molecule has 3 heterocycles. The molecule has 1 aromatic carbocycles. The van der Waals surface area contributed by atoms with Crippen molar-refractivity contribution in [3.05, 3.63) is 18.2 Å². The van der Waals surface area contributed by atoms with Gasteiger partial charge in [-0.1, -0.05) is 19.3 Å². The molecule has 32 heavy (non-hydrogen) atoms. The highest BCUT2D eigenvalue weighted by molar-refractivity contribution is 7.89. The van der Waals surface area contributed by atoms with E-state index in [-0.39, 0.29) is 22.7 Å². The second kappa shape index (κ2) is 8.38. The molecule has 170 valence electrons. The highest BCUT2D eigenvalue weighted by atomic mass is 32.2. The largest absolute Gasteiger partial charge is 0.379 e. The smallest absolute Gasteiger partial charge is 0.251 e. The van der Waals surface area contributed by atoms with Gasteiger partial charge in [0.15, 0.2) is 5.65 Å². The monoisotopic (exact) mass is 458 g/mol. The average molecular weight is 459 g/mol. The van der Waals surface area contributed by atoms with E-state index in [1.807, 2.05) is 11.6 Å². The standard InChI is InChI=1S/C21H26N6O4S/c1-26-17-8-7-15(32(29,30)27-9-11-31-12-10-27)13-16(17)18-19(26)22-21(25-24-18)23-20(28)14-5-3-2-4-6-14/h7-8,13-14H,2-6,9-12H2,1H3,(H,22,23,25,28). The molecule has 10 nitrogen and oxygen atoms in total. The minimum Gasteiger partial charge on any atom is -0.379 e. The Labute approximate surface area is 186 Å². The van der Waals surface area contributed by atoms with Gasteiger partial charge in [-0.25, -0.2) is 8.42 Å². The number of carbonyl (C=O) groups is 1. The molecule has 1 aliphatic heterocycles. The highest BCUT2D eigenvalue weighted by Crippen LogP contribution is 2.30. The third kappa shape index (κ3) is 3.74. The summed E-state index contributed by atoms with van der Waals surface area (Å²) in [5.41, 5.74) is 1.82. The van der Waals surface area contributed by atoms with Crippen molar-refractivity contribution in [1.82, 2.24) is 24.1 Å². The Morgan fingerprint density at radius 1 is 1.12 bits per heavy atom. The predicted octanol–water partition coefficient (Wildman–Crippen LogP) is 2.06. The van der Waals surface area contributed by atoms with E-state index in [1.54, 1.807) is 18.2 Å². The third-order valence-electron chi connectivity index (χ3n) is 6.39. The Balaban J connectivity index is 1.48. The van der Waals surface area contributed by atoms with Crippen LogP contribution in [0.3, 0.4) is 0 Å². The number of benzene rings is 1. The number of amides is 1. The van der Waals surface area contributed by atoms with Gasteiger partial charge in [-0.3, -0.25) is 10.1 Å². The Morgan fingerprint density at radius 2 is 1.88 bits per heavy atom. The van der Waals surface area contributed by atoms with Gasteiger partial charge in [-0.2, -0.15) is 9.29 Å². The van der Waals surface area contributed by atoms with E-state index in [0.29, 0.717) is 42.9 Å². The molecule has 0 unspecified atom stereocenters. The zero-order valence-corrected chi connectivity index (χ0v) is 18.8. The van der Waals surface area contributed by atoms with Gasteiger partial charge in [-0.05, 0) is 31.0 Å². The number of aryl methyl sites for hydroxylation is 1. The van der Waals surface area contributed by atoms with Gasteiger partial charge < -0.3 is 9.30 Å². The fraction of sp³-hybridized carbons (Fsp3) is 0.524. The van der Waals surface area contributed by atoms with Crippen molar-refractivity contribution in [1.29, 1.82) is 0 Å². The molecule has 2 aromatic heterocycles. The van der Waals surface area contributed by atoms with Gasteiger partial charge >= 0.3 is 0 Å². The first-order valence-electron chi connectivity index (χ1n) is 11.0. The van der Waals surface area contributed by atoms with E-state index in [9.17, 15) is 13.2 Å². The number of carbonyl (C=O) groups excluding carboxylic acids is 1. The molecule has 1 amide bonds. The van der Waals surface area contributed by atoms with Crippen LogP contribution in [0.5, 0.6) is 0 Å². The summed E-state index contributed by atoms with van der Waals surface area (Å²) in [6.07, 6.45) is 5.07. The molecular weight excluding hydrogens is 432 g/mol. The fourth-order valence-corrected chi connectivity index (χ4v) is 6.00. The topological polar surface area (TPSA) is 119 Å². The second-order valence-electron chi connectivity index (χ2n) is 8.39. The molecule has 0 atom stereocenters. The molecular formula is C21H26N6O4S. The van der Waals surface area contributed by atoms with Crippen molar-refractivity contribution >= 4 is 43.9 Å². The van der Waals surface area contributed by atoms with Gasteiger partial charge in [0.05, 0.1) is 23.6 Å². The molecule has 1 saturated heterocycles. The van der Waals surface area contributed by atoms with E-state index in [2.05, 4.69) is 20.5 Å². The van der Waals surface area contributed by atoms with Crippen LogP contribution in [0, 0.1) is 5.92 Å². The first-order valence-corrected chi connectivity index (χ1v) is 12.4. The number of anilines is 1. The number of hydrogen-bond acceptors (Lipinski definition) is 7. The number of nitrogens with one attached hydrogen (secondary N) is 1. The van der Waals surface area contributed by atoms with Gasteiger partial charge in [0.1, 0.15) is 5.52 Å². The van der Waals surface area contributed by atoms with Gasteiger partial charge in [0, 0.05) is 31.4 Å². The molecule has 1 saturated carbocycles. The maximum Gasteiger partial charge on any atom is 0.251 e. The average Bonchev–Trinajstić information content (AvgIpc) is 3.11.